The van der Waals surface area contributed by atoms with Gasteiger partial charge >= 0.3 is 5.97 Å². The van der Waals surface area contributed by atoms with Crippen LogP contribution in [0, 0.1) is 11.8 Å². The van der Waals surface area contributed by atoms with Crippen LogP contribution in [-0.4, -0.2) is 41.1 Å². The fraction of sp³-hybridized carbons (Fsp3) is 0.909. The molecule has 0 aliphatic carbocycles. The fourth-order valence-corrected chi connectivity index (χ4v) is 2.09. The molecule has 0 radical (unpaired) electrons. The van der Waals surface area contributed by atoms with E-state index in [0.717, 1.165) is 19.5 Å². The van der Waals surface area contributed by atoms with E-state index < -0.39 is 5.97 Å². The van der Waals surface area contributed by atoms with E-state index in [1.54, 1.807) is 6.92 Å². The van der Waals surface area contributed by atoms with Crippen LogP contribution in [-0.2, 0) is 4.79 Å². The molecular formula is C11H22N2O2. The molecule has 0 spiro atoms. The van der Waals surface area contributed by atoms with Gasteiger partial charge in [-0.05, 0) is 25.8 Å². The first-order chi connectivity index (χ1) is 6.93. The van der Waals surface area contributed by atoms with E-state index in [-0.39, 0.29) is 18.0 Å². The third-order valence-electron chi connectivity index (χ3n) is 3.69. The molecule has 0 aromatic rings. The van der Waals surface area contributed by atoms with Crippen molar-refractivity contribution in [3.05, 3.63) is 0 Å². The van der Waals surface area contributed by atoms with Crippen molar-refractivity contribution in [2.75, 3.05) is 13.1 Å². The normalized spacial score (nSPS) is 32.3. The highest BCUT2D eigenvalue weighted by atomic mass is 16.4. The van der Waals surface area contributed by atoms with E-state index in [0.29, 0.717) is 5.92 Å². The Labute approximate surface area is 91.4 Å². The number of nitrogens with two attached hydrogens (primary N) is 1. The van der Waals surface area contributed by atoms with Gasteiger partial charge in [-0.2, -0.15) is 0 Å². The number of piperidine rings is 1. The summed E-state index contributed by atoms with van der Waals surface area (Å²) in [7, 11) is 0. The van der Waals surface area contributed by atoms with Gasteiger partial charge in [-0.3, -0.25) is 9.69 Å². The molecule has 1 saturated heterocycles. The van der Waals surface area contributed by atoms with Gasteiger partial charge < -0.3 is 10.8 Å². The fourth-order valence-electron chi connectivity index (χ4n) is 2.09. The summed E-state index contributed by atoms with van der Waals surface area (Å²) < 4.78 is 0. The number of hydrogen-bond acceptors (Lipinski definition) is 3. The third-order valence-corrected chi connectivity index (χ3v) is 3.69. The smallest absolute Gasteiger partial charge is 0.307 e. The van der Waals surface area contributed by atoms with E-state index in [9.17, 15) is 4.79 Å². The highest BCUT2D eigenvalue weighted by Crippen LogP contribution is 2.20. The minimum atomic E-state index is -0.718. The molecule has 1 heterocycles. The van der Waals surface area contributed by atoms with Crippen LogP contribution in [0.15, 0.2) is 0 Å². The zero-order valence-corrected chi connectivity index (χ0v) is 9.81. The summed E-state index contributed by atoms with van der Waals surface area (Å²) >= 11 is 0. The Kier molecular flexibility index (Phi) is 4.11. The molecule has 0 bridgehead atoms. The number of nitrogens with zero attached hydrogens (tertiary/aromatic N) is 1. The molecular weight excluding hydrogens is 192 g/mol. The number of aliphatic carboxylic acids is 1. The Bertz CT molecular complexity index is 233. The Morgan fingerprint density at radius 1 is 1.53 bits per heavy atom. The van der Waals surface area contributed by atoms with E-state index in [1.165, 1.54) is 0 Å². The Morgan fingerprint density at radius 2 is 2.13 bits per heavy atom. The summed E-state index contributed by atoms with van der Waals surface area (Å²) in [6, 6.07) is 0.367. The zero-order chi connectivity index (χ0) is 11.6. The van der Waals surface area contributed by atoms with Gasteiger partial charge in [0.05, 0.1) is 5.92 Å². The van der Waals surface area contributed by atoms with Crippen molar-refractivity contribution in [3.8, 4) is 0 Å². The average Bonchev–Trinajstić information content (AvgIpc) is 2.19. The Balaban J connectivity index is 2.54. The molecule has 0 amide bonds. The second kappa shape index (κ2) is 4.94. The van der Waals surface area contributed by atoms with Crippen LogP contribution in [0.3, 0.4) is 0 Å². The predicted octanol–water partition coefficient (Wildman–Crippen LogP) is 0.765. The van der Waals surface area contributed by atoms with Crippen molar-refractivity contribution in [2.45, 2.75) is 39.3 Å². The first-order valence-corrected chi connectivity index (χ1v) is 5.66. The number of carboxylic acid groups (broad SMARTS) is 1. The molecule has 1 rings (SSSR count). The molecule has 4 unspecified atom stereocenters. The average molecular weight is 214 g/mol. The summed E-state index contributed by atoms with van der Waals surface area (Å²) in [5.74, 6) is -0.571. The van der Waals surface area contributed by atoms with Gasteiger partial charge in [-0.1, -0.05) is 13.8 Å². The summed E-state index contributed by atoms with van der Waals surface area (Å²) in [5, 5.41) is 8.95. The minimum Gasteiger partial charge on any atom is -0.481 e. The highest BCUT2D eigenvalue weighted by molar-refractivity contribution is 5.70. The summed E-state index contributed by atoms with van der Waals surface area (Å²) in [6.07, 6.45) is 0.970. The van der Waals surface area contributed by atoms with Crippen molar-refractivity contribution >= 4 is 5.97 Å². The van der Waals surface area contributed by atoms with Crippen LogP contribution < -0.4 is 5.73 Å². The molecule has 4 heteroatoms. The number of hydrogen-bond donors (Lipinski definition) is 2. The molecule has 15 heavy (non-hydrogen) atoms. The molecule has 4 nitrogen and oxygen atoms in total. The van der Waals surface area contributed by atoms with Gasteiger partial charge in [0.15, 0.2) is 0 Å². The van der Waals surface area contributed by atoms with Crippen molar-refractivity contribution in [3.63, 3.8) is 0 Å². The van der Waals surface area contributed by atoms with Crippen LogP contribution in [0.25, 0.3) is 0 Å². The van der Waals surface area contributed by atoms with Gasteiger partial charge in [0.1, 0.15) is 0 Å². The lowest BCUT2D eigenvalue weighted by molar-refractivity contribution is -0.143. The van der Waals surface area contributed by atoms with E-state index in [1.807, 2.05) is 6.92 Å². The quantitative estimate of drug-likeness (QED) is 0.728. The van der Waals surface area contributed by atoms with Crippen molar-refractivity contribution in [1.29, 1.82) is 0 Å². The van der Waals surface area contributed by atoms with E-state index >= 15 is 0 Å². The highest BCUT2D eigenvalue weighted by Gasteiger charge is 2.30. The molecule has 1 fully saturated rings. The second-order valence-corrected chi connectivity index (χ2v) is 4.79. The van der Waals surface area contributed by atoms with Crippen LogP contribution in [0.4, 0.5) is 0 Å². The standard InChI is InChI=1S/C11H22N2O2/c1-7-6-13(5-4-10(7)12)9(3)8(2)11(14)15/h7-10H,4-6,12H2,1-3H3,(H,14,15). The van der Waals surface area contributed by atoms with Crippen LogP contribution in [0.2, 0.25) is 0 Å². The molecule has 88 valence electrons. The van der Waals surface area contributed by atoms with Gasteiger partial charge in [-0.15, -0.1) is 0 Å². The second-order valence-electron chi connectivity index (χ2n) is 4.79. The lowest BCUT2D eigenvalue weighted by Crippen LogP contribution is -2.51. The first kappa shape index (κ1) is 12.5. The summed E-state index contributed by atoms with van der Waals surface area (Å²) in [5.41, 5.74) is 5.93. The topological polar surface area (TPSA) is 66.6 Å². The van der Waals surface area contributed by atoms with E-state index in [4.69, 9.17) is 10.8 Å². The largest absolute Gasteiger partial charge is 0.481 e. The maximum absolute atomic E-state index is 10.9. The SMILES string of the molecule is CC1CN(C(C)C(C)C(=O)O)CCC1N. The molecule has 0 saturated carbocycles. The molecule has 3 N–H and O–H groups in total. The van der Waals surface area contributed by atoms with Crippen LogP contribution >= 0.6 is 0 Å². The third kappa shape index (κ3) is 2.92. The molecule has 4 atom stereocenters. The number of rotatable bonds is 3. The van der Waals surface area contributed by atoms with Crippen LogP contribution in [0.5, 0.6) is 0 Å². The maximum Gasteiger partial charge on any atom is 0.307 e. The molecule has 0 aromatic heterocycles. The number of likely N-dealkylation sites (tertiary alicyclic amines) is 1. The molecule has 1 aliphatic heterocycles. The number of carboxylic acids is 1. The summed E-state index contributed by atoms with van der Waals surface area (Å²) in [6.45, 7) is 7.73. The van der Waals surface area contributed by atoms with Crippen LogP contribution in [0.1, 0.15) is 27.2 Å². The van der Waals surface area contributed by atoms with Crippen molar-refractivity contribution in [2.24, 2.45) is 17.6 Å². The van der Waals surface area contributed by atoms with Gasteiger partial charge in [0, 0.05) is 18.6 Å². The van der Waals surface area contributed by atoms with Crippen molar-refractivity contribution in [1.82, 2.24) is 4.90 Å². The Morgan fingerprint density at radius 3 is 2.60 bits per heavy atom. The minimum absolute atomic E-state index is 0.0949. The number of carbonyl (C=O) groups is 1. The van der Waals surface area contributed by atoms with E-state index in [2.05, 4.69) is 11.8 Å². The summed E-state index contributed by atoms with van der Waals surface area (Å²) in [4.78, 5) is 13.1. The lowest BCUT2D eigenvalue weighted by atomic mass is 9.91. The van der Waals surface area contributed by atoms with Gasteiger partial charge in [0.25, 0.3) is 0 Å². The monoisotopic (exact) mass is 214 g/mol. The predicted molar refractivity (Wildman–Crippen MR) is 59.6 cm³/mol. The maximum atomic E-state index is 10.9. The van der Waals surface area contributed by atoms with Gasteiger partial charge in [0.2, 0.25) is 0 Å². The first-order valence-electron chi connectivity index (χ1n) is 5.66. The molecule has 0 aromatic carbocycles. The lowest BCUT2D eigenvalue weighted by Gasteiger charge is -2.39. The Hall–Kier alpha value is -0.610. The molecule has 1 aliphatic rings. The zero-order valence-electron chi connectivity index (χ0n) is 9.81. The van der Waals surface area contributed by atoms with Gasteiger partial charge in [-0.25, -0.2) is 0 Å². The van der Waals surface area contributed by atoms with Crippen molar-refractivity contribution < 1.29 is 9.90 Å².